The summed E-state index contributed by atoms with van der Waals surface area (Å²) in [6, 6.07) is 87.5. The van der Waals surface area contributed by atoms with E-state index in [0.717, 1.165) is 22.7 Å². The van der Waals surface area contributed by atoms with Gasteiger partial charge in [0, 0.05) is 0 Å². The van der Waals surface area contributed by atoms with Crippen LogP contribution >= 0.6 is 0 Å². The number of benzene rings is 8. The Bertz CT molecular complexity index is 2890. The molecule has 9 rings (SSSR count). The molecule has 1 saturated heterocycles. The second-order valence-corrected chi connectivity index (χ2v) is 38.0. The Balaban J connectivity index is 1.37. The second kappa shape index (κ2) is 24.2. The van der Waals surface area contributed by atoms with E-state index >= 15 is 0 Å². The zero-order valence-electron chi connectivity index (χ0n) is 46.1. The first-order chi connectivity index (χ1) is 37.1. The molecule has 77 heavy (non-hydrogen) atoms. The summed E-state index contributed by atoms with van der Waals surface area (Å²) in [6.45, 7) is 23.2. The third kappa shape index (κ3) is 11.8. The summed E-state index contributed by atoms with van der Waals surface area (Å²) in [7, 11) is -9.38. The molecule has 5 nitrogen and oxygen atoms in total. The molecule has 0 N–H and O–H groups in total. The summed E-state index contributed by atoms with van der Waals surface area (Å²) in [5, 5.41) is 3.51. The topological polar surface area (TPSA) is 46.2 Å². The summed E-state index contributed by atoms with van der Waals surface area (Å²) in [6.07, 6.45) is -0.606. The summed E-state index contributed by atoms with van der Waals surface area (Å²) in [5.41, 5.74) is 2.00. The first-order valence-electron chi connectivity index (χ1n) is 27.2. The van der Waals surface area contributed by atoms with Crippen LogP contribution in [0.25, 0.3) is 0 Å². The van der Waals surface area contributed by atoms with Crippen LogP contribution in [0.5, 0.6) is 0 Å². The van der Waals surface area contributed by atoms with Crippen molar-refractivity contribution in [1.29, 1.82) is 0 Å². The zero-order chi connectivity index (χ0) is 54.2. The van der Waals surface area contributed by atoms with Crippen LogP contribution in [-0.2, 0) is 28.4 Å². The van der Waals surface area contributed by atoms with Gasteiger partial charge in [-0.3, -0.25) is 0 Å². The van der Waals surface area contributed by atoms with Crippen molar-refractivity contribution in [3.8, 4) is 0 Å². The number of allylic oxidation sites excluding steroid dienone is 1. The van der Waals surface area contributed by atoms with Crippen molar-refractivity contribution in [3.63, 3.8) is 0 Å². The fraction of sp³-hybridized carbons (Fsp3) is 0.265. The second-order valence-electron chi connectivity index (χ2n) is 22.9. The van der Waals surface area contributed by atoms with E-state index in [2.05, 4.69) is 304 Å². The van der Waals surface area contributed by atoms with E-state index in [9.17, 15) is 0 Å². The van der Waals surface area contributed by atoms with E-state index in [4.69, 9.17) is 22.8 Å². The summed E-state index contributed by atoms with van der Waals surface area (Å²) in [5.74, 6) is 0. The fourth-order valence-corrected chi connectivity index (χ4v) is 25.4. The van der Waals surface area contributed by atoms with Crippen LogP contribution < -0.4 is 25.2 Å². The number of rotatable bonds is 20. The predicted octanol–water partition coefficient (Wildman–Crippen LogP) is 12.4. The Morgan fingerprint density at radius 3 is 1.10 bits per heavy atom. The van der Waals surface area contributed by atoms with Gasteiger partial charge in [0.25, 0.3) is 0 Å². The molecular weight excluding hydrogens is 1060 g/mol. The molecule has 5 atom stereocenters. The molecule has 0 aromatic heterocycles. The van der Waals surface area contributed by atoms with E-state index in [0.29, 0.717) is 0 Å². The van der Waals surface area contributed by atoms with Crippen molar-refractivity contribution in [2.45, 2.75) is 106 Å². The average molecular weight is 1140 g/mol. The first-order valence-corrected chi connectivity index (χ1v) is 35.9. The minimum atomic E-state index is -3.42. The van der Waals surface area contributed by atoms with Gasteiger partial charge in [-0.25, -0.2) is 0 Å². The minimum absolute atomic E-state index is 0.156. The van der Waals surface area contributed by atoms with Gasteiger partial charge in [-0.2, -0.15) is 0 Å². The molecule has 0 unspecified atom stereocenters. The van der Waals surface area contributed by atoms with E-state index < -0.39 is 65.0 Å². The molecule has 8 aromatic rings. The van der Waals surface area contributed by atoms with Crippen LogP contribution in [-0.4, -0.2) is 75.9 Å². The van der Waals surface area contributed by atoms with Gasteiger partial charge in [0.1, 0.15) is 0 Å². The molecule has 1 heterocycles. The molecule has 1 aliphatic rings. The molecule has 9 heteroatoms. The summed E-state index contributed by atoms with van der Waals surface area (Å²) in [4.78, 5) is 0. The SMILES string of the molecule is C=CC[Si](C)(C)O[C@@H]1[C@@H](O[Si](c2ccccc2)(c2ccccc2)C(C)(C)C)[C@H](O[Si](c2ccccc2)(c2ccccc2)C(C)(C)C)[C@@H](COC(c2ccccc2)(c2ccccc2)c2ccccc2)O[C@H]1[Se]c1ccccc1. The standard InChI is InChI=1S/C68H76O5SeSi3/c1-10-51-75(8,9)71-64-63(73-77(67(5,6)7,59-47-31-17-32-48-59)60-49-33-18-34-50-60)62(72-76(66(2,3)4,57-43-27-15-28-44-57)58-45-29-16-30-46-58)61(70-65(64)74-56-41-25-14-26-42-56)52-69-68(53-35-19-11-20-36-53,54-37-21-12-22-38-54)55-39-23-13-24-40-55/h10-50,61-65H,1,51-52H2,2-9H3/t61-,62-,63+,64-,65+/m1/s1. The molecule has 8 aromatic carbocycles. The van der Waals surface area contributed by atoms with Gasteiger partial charge in [-0.1, -0.05) is 0 Å². The molecule has 396 valence electrons. The van der Waals surface area contributed by atoms with Crippen molar-refractivity contribution in [2.75, 3.05) is 6.61 Å². The molecular formula is C68H76O5SeSi3. The maximum atomic E-state index is 8.76. The van der Waals surface area contributed by atoms with Crippen LogP contribution in [0.1, 0.15) is 58.2 Å². The van der Waals surface area contributed by atoms with Crippen LogP contribution in [0.3, 0.4) is 0 Å². The molecule has 0 aliphatic carbocycles. The van der Waals surface area contributed by atoms with Gasteiger partial charge in [0.15, 0.2) is 0 Å². The molecule has 1 fully saturated rings. The van der Waals surface area contributed by atoms with Gasteiger partial charge in [-0.05, 0) is 0 Å². The van der Waals surface area contributed by atoms with E-state index in [1.165, 1.54) is 25.2 Å². The summed E-state index contributed by atoms with van der Waals surface area (Å²) >= 11 is -0.256. The van der Waals surface area contributed by atoms with Gasteiger partial charge in [0.05, 0.1) is 0 Å². The Kier molecular flexibility index (Phi) is 17.7. The zero-order valence-corrected chi connectivity index (χ0v) is 50.8. The molecule has 0 spiro atoms. The van der Waals surface area contributed by atoms with Crippen molar-refractivity contribution in [1.82, 2.24) is 0 Å². The molecule has 0 bridgehead atoms. The molecule has 1 aliphatic heterocycles. The normalized spacial score (nSPS) is 18.6. The molecule has 0 radical (unpaired) electrons. The quantitative estimate of drug-likeness (QED) is 0.0432. The Morgan fingerprint density at radius 2 is 0.766 bits per heavy atom. The van der Waals surface area contributed by atoms with Gasteiger partial charge in [0.2, 0.25) is 0 Å². The van der Waals surface area contributed by atoms with Crippen molar-refractivity contribution < 1.29 is 22.8 Å². The van der Waals surface area contributed by atoms with E-state index in [1.54, 1.807) is 0 Å². The fourth-order valence-electron chi connectivity index (χ4n) is 11.7. The van der Waals surface area contributed by atoms with Crippen LogP contribution in [0.2, 0.25) is 29.2 Å². The predicted molar refractivity (Wildman–Crippen MR) is 328 cm³/mol. The number of hydrogen-bond donors (Lipinski definition) is 0. The first kappa shape index (κ1) is 56.2. The third-order valence-electron chi connectivity index (χ3n) is 15.1. The number of hydrogen-bond acceptors (Lipinski definition) is 5. The van der Waals surface area contributed by atoms with E-state index in [1.807, 2.05) is 6.08 Å². The Hall–Kier alpha value is -5.53. The average Bonchev–Trinajstić information content (AvgIpc) is 3.50. The van der Waals surface area contributed by atoms with Crippen molar-refractivity contribution >= 4 is 65.1 Å². The Morgan fingerprint density at radius 1 is 0.442 bits per heavy atom. The van der Waals surface area contributed by atoms with E-state index in [-0.39, 0.29) is 26.6 Å². The van der Waals surface area contributed by atoms with Gasteiger partial charge in [-0.15, -0.1) is 0 Å². The monoisotopic (exact) mass is 1140 g/mol. The number of ether oxygens (including phenoxy) is 2. The van der Waals surface area contributed by atoms with Crippen molar-refractivity contribution in [2.24, 2.45) is 0 Å². The maximum absolute atomic E-state index is 8.76. The van der Waals surface area contributed by atoms with Crippen LogP contribution in [0, 0.1) is 0 Å². The summed E-state index contributed by atoms with van der Waals surface area (Å²) < 4.78 is 42.6. The third-order valence-corrected chi connectivity index (χ3v) is 29.8. The van der Waals surface area contributed by atoms with Gasteiger partial charge < -0.3 is 0 Å². The Labute approximate surface area is 469 Å². The van der Waals surface area contributed by atoms with Gasteiger partial charge >= 0.3 is 472 Å². The van der Waals surface area contributed by atoms with Crippen LogP contribution in [0.15, 0.2) is 255 Å². The molecule has 0 amide bonds. The van der Waals surface area contributed by atoms with Crippen molar-refractivity contribution in [3.05, 3.63) is 272 Å². The molecule has 0 saturated carbocycles. The van der Waals surface area contributed by atoms with Crippen LogP contribution in [0.4, 0.5) is 0 Å².